The third-order valence-electron chi connectivity index (χ3n) is 9.74. The highest BCUT2D eigenvalue weighted by molar-refractivity contribution is 7.91. The molecule has 0 radical (unpaired) electrons. The number of carboxylic acid groups (broad SMARTS) is 4. The summed E-state index contributed by atoms with van der Waals surface area (Å²) in [6.07, 6.45) is 1.83. The molecule has 0 unspecified atom stereocenters. The summed E-state index contributed by atoms with van der Waals surface area (Å²) in [7, 11) is -4.03. The largest absolute Gasteiger partial charge is 0.481 e. The number of carboxylic acids is 4. The van der Waals surface area contributed by atoms with Crippen LogP contribution in [0.25, 0.3) is 0 Å². The molecular formula is C37H62N12O15S2. The summed E-state index contributed by atoms with van der Waals surface area (Å²) in [5, 5.41) is 62.3. The van der Waals surface area contributed by atoms with E-state index in [-0.39, 0.29) is 134 Å². The second kappa shape index (κ2) is 30.7. The Hall–Kier alpha value is -5.46. The number of sulfonamides is 1. The van der Waals surface area contributed by atoms with Crippen LogP contribution in [0.4, 0.5) is 5.13 Å². The van der Waals surface area contributed by atoms with Gasteiger partial charge in [-0.3, -0.25) is 62.8 Å². The highest BCUT2D eigenvalue weighted by Gasteiger charge is 2.24. The van der Waals surface area contributed by atoms with Crippen molar-refractivity contribution in [2.75, 3.05) is 103 Å². The van der Waals surface area contributed by atoms with Gasteiger partial charge in [0.15, 0.2) is 0 Å². The molecule has 1 atom stereocenters. The molecule has 1 aliphatic heterocycles. The van der Waals surface area contributed by atoms with E-state index in [2.05, 4.69) is 36.8 Å². The second-order valence-electron chi connectivity index (χ2n) is 15.3. The van der Waals surface area contributed by atoms with E-state index in [0.717, 1.165) is 0 Å². The first kappa shape index (κ1) is 56.7. The van der Waals surface area contributed by atoms with E-state index >= 15 is 0 Å². The van der Waals surface area contributed by atoms with Crippen LogP contribution < -0.4 is 31.7 Å². The topological polar surface area (TPSA) is 394 Å². The van der Waals surface area contributed by atoms with Crippen LogP contribution in [0.1, 0.15) is 64.2 Å². The molecule has 372 valence electrons. The normalized spacial score (nSPS) is 15.3. The first-order valence-electron chi connectivity index (χ1n) is 21.2. The molecule has 0 aromatic carbocycles. The average molecular weight is 979 g/mol. The predicted molar refractivity (Wildman–Crippen MR) is 233 cm³/mol. The van der Waals surface area contributed by atoms with E-state index in [9.17, 15) is 72.0 Å². The molecule has 11 N–H and O–H groups in total. The molecule has 27 nitrogen and oxygen atoms in total. The van der Waals surface area contributed by atoms with Crippen molar-refractivity contribution in [1.29, 1.82) is 0 Å². The van der Waals surface area contributed by atoms with Crippen LogP contribution in [-0.4, -0.2) is 216 Å². The first-order chi connectivity index (χ1) is 31.2. The van der Waals surface area contributed by atoms with Gasteiger partial charge in [0.1, 0.15) is 6.04 Å². The number of aliphatic carboxylic acids is 4. The Morgan fingerprint density at radius 3 is 1.41 bits per heavy atom. The first-order valence-corrected chi connectivity index (χ1v) is 23.6. The molecule has 0 aliphatic carbocycles. The van der Waals surface area contributed by atoms with Gasteiger partial charge in [0.05, 0.1) is 32.6 Å². The van der Waals surface area contributed by atoms with E-state index in [1.807, 2.05) is 0 Å². The van der Waals surface area contributed by atoms with E-state index in [4.69, 9.17) is 5.14 Å². The molecule has 1 aromatic rings. The van der Waals surface area contributed by atoms with Crippen LogP contribution in [-0.2, 0) is 53.2 Å². The lowest BCUT2D eigenvalue weighted by Crippen LogP contribution is -2.49. The number of amides is 5. The number of nitrogens with zero attached hydrogens (tertiary/aromatic N) is 6. The van der Waals surface area contributed by atoms with Gasteiger partial charge in [0.2, 0.25) is 39.0 Å². The van der Waals surface area contributed by atoms with E-state index in [1.54, 1.807) is 19.6 Å². The smallest absolute Gasteiger partial charge is 0.317 e. The molecule has 0 saturated carbocycles. The second-order valence-corrected chi connectivity index (χ2v) is 18.0. The number of carbonyl (C=O) groups is 9. The minimum Gasteiger partial charge on any atom is -0.481 e. The molecular weight excluding hydrogens is 917 g/mol. The van der Waals surface area contributed by atoms with Gasteiger partial charge in [-0.15, -0.1) is 10.2 Å². The highest BCUT2D eigenvalue weighted by Crippen LogP contribution is 2.19. The molecule has 1 saturated heterocycles. The van der Waals surface area contributed by atoms with Gasteiger partial charge in [0, 0.05) is 91.3 Å². The number of hydrogen-bond acceptors (Lipinski definition) is 18. The van der Waals surface area contributed by atoms with E-state index in [1.165, 1.54) is 0 Å². The minimum absolute atomic E-state index is 0.0229. The van der Waals surface area contributed by atoms with Crippen molar-refractivity contribution in [3.05, 3.63) is 0 Å². The molecule has 2 rings (SSSR count). The van der Waals surface area contributed by atoms with Gasteiger partial charge in [0.25, 0.3) is 10.0 Å². The summed E-state index contributed by atoms with van der Waals surface area (Å²) < 4.78 is 22.1. The Balaban J connectivity index is 1.69. The highest BCUT2D eigenvalue weighted by atomic mass is 32.2. The molecule has 29 heteroatoms. The number of unbranched alkanes of at least 4 members (excludes halogenated alkanes) is 3. The van der Waals surface area contributed by atoms with Crippen LogP contribution in [0.2, 0.25) is 0 Å². The maximum absolute atomic E-state index is 12.9. The number of aromatic nitrogens is 2. The summed E-state index contributed by atoms with van der Waals surface area (Å²) in [5.41, 5.74) is 0. The third-order valence-corrected chi connectivity index (χ3v) is 11.9. The molecule has 1 aliphatic rings. The predicted octanol–water partition coefficient (Wildman–Crippen LogP) is -3.58. The van der Waals surface area contributed by atoms with Crippen molar-refractivity contribution in [3.8, 4) is 0 Å². The van der Waals surface area contributed by atoms with Crippen LogP contribution in [0.3, 0.4) is 0 Å². The molecule has 0 bridgehead atoms. The van der Waals surface area contributed by atoms with Crippen molar-refractivity contribution < 1.29 is 72.0 Å². The van der Waals surface area contributed by atoms with Gasteiger partial charge in [-0.1, -0.05) is 11.3 Å². The maximum atomic E-state index is 12.9. The lowest BCUT2D eigenvalue weighted by atomic mass is 10.1. The fourth-order valence-electron chi connectivity index (χ4n) is 6.36. The number of hydrogen-bond donors (Lipinski definition) is 10. The number of rotatable bonds is 29. The fraction of sp³-hybridized carbons (Fsp3) is 0.703. The zero-order valence-electron chi connectivity index (χ0n) is 36.6. The van der Waals surface area contributed by atoms with Crippen molar-refractivity contribution in [2.45, 2.75) is 74.6 Å². The van der Waals surface area contributed by atoms with Gasteiger partial charge in [-0.25, -0.2) is 13.6 Å². The van der Waals surface area contributed by atoms with Crippen LogP contribution in [0.5, 0.6) is 0 Å². The quantitative estimate of drug-likeness (QED) is 0.0274. The Bertz CT molecular complexity index is 1870. The Kier molecular flexibility index (Phi) is 26.3. The minimum atomic E-state index is -4.03. The Morgan fingerprint density at radius 1 is 0.545 bits per heavy atom. The number of anilines is 1. The standard InChI is InChI=1S/C37H62N12O15S2/c38-66(63,64)37-45-44-36(65-37)43-29(52)8-2-1-7-27(50)39-10-4-3-9-28(51)42-26(21-31(54)55)35(62)41-12-6-5-11-40-30(53)22-46-13-15-47(23-32(56)57)17-19-49(25-34(60)61)20-18-48(16-14-46)24-33(58)59/h26H,1-25H2,(H,39,50)(H,40,53)(H,41,62)(H,42,51)(H,54,55)(H,56,57)(H,58,59)(H,60,61)(H2,38,63,64)(H,43,44,52)/t26-/m0/s1. The summed E-state index contributed by atoms with van der Waals surface area (Å²) in [5.74, 6) is -6.80. The SMILES string of the molecule is NS(=O)(=O)c1nnc(NC(=O)CCCCC(=O)NCCCCC(=O)N[C@@H](CC(=O)O)C(=O)NCCCCNC(=O)CN2CCN(CC(=O)O)CCN(CC(=O)O)CCN(CC(=O)O)CC2)s1. The van der Waals surface area contributed by atoms with E-state index < -0.39 is 68.4 Å². The molecule has 5 amide bonds. The van der Waals surface area contributed by atoms with Crippen molar-refractivity contribution >= 4 is 79.9 Å². The third kappa shape index (κ3) is 26.5. The molecule has 2 heterocycles. The lowest BCUT2D eigenvalue weighted by Gasteiger charge is -2.32. The van der Waals surface area contributed by atoms with Gasteiger partial charge >= 0.3 is 23.9 Å². The monoisotopic (exact) mass is 978 g/mol. The summed E-state index contributed by atoms with van der Waals surface area (Å²) in [6.45, 7) is 1.70. The van der Waals surface area contributed by atoms with E-state index in [0.29, 0.717) is 49.9 Å². The number of primary sulfonamides is 1. The zero-order chi connectivity index (χ0) is 49.1. The molecule has 1 aromatic heterocycles. The van der Waals surface area contributed by atoms with Gasteiger partial charge < -0.3 is 47.0 Å². The number of carbonyl (C=O) groups excluding carboxylic acids is 5. The molecule has 66 heavy (non-hydrogen) atoms. The Labute approximate surface area is 385 Å². The zero-order valence-corrected chi connectivity index (χ0v) is 38.2. The molecule has 0 spiro atoms. The molecule has 1 fully saturated rings. The van der Waals surface area contributed by atoms with Crippen LogP contribution in [0, 0.1) is 0 Å². The number of nitrogens with one attached hydrogen (secondary N) is 5. The van der Waals surface area contributed by atoms with Crippen molar-refractivity contribution in [3.63, 3.8) is 0 Å². The average Bonchev–Trinajstić information content (AvgIpc) is 3.70. The Morgan fingerprint density at radius 2 is 0.955 bits per heavy atom. The van der Waals surface area contributed by atoms with Gasteiger partial charge in [-0.2, -0.15) is 0 Å². The maximum Gasteiger partial charge on any atom is 0.317 e. The lowest BCUT2D eigenvalue weighted by molar-refractivity contribution is -0.141. The summed E-state index contributed by atoms with van der Waals surface area (Å²) in [6, 6.07) is -1.34. The van der Waals surface area contributed by atoms with Crippen LogP contribution >= 0.6 is 11.3 Å². The van der Waals surface area contributed by atoms with Crippen molar-refractivity contribution in [2.24, 2.45) is 5.14 Å². The summed E-state index contributed by atoms with van der Waals surface area (Å²) in [4.78, 5) is 115. The van der Waals surface area contributed by atoms with Crippen LogP contribution in [0.15, 0.2) is 4.34 Å². The fourth-order valence-corrected chi connectivity index (χ4v) is 7.71. The summed E-state index contributed by atoms with van der Waals surface area (Å²) >= 11 is 0.611. The van der Waals surface area contributed by atoms with Crippen molar-refractivity contribution in [1.82, 2.24) is 51.1 Å². The van der Waals surface area contributed by atoms with Gasteiger partial charge in [-0.05, 0) is 38.5 Å². The number of nitrogens with two attached hydrogens (primary N) is 1.